The summed E-state index contributed by atoms with van der Waals surface area (Å²) in [5.41, 5.74) is 6.87. The van der Waals surface area contributed by atoms with Crippen molar-refractivity contribution in [3.8, 4) is 5.69 Å². The van der Waals surface area contributed by atoms with Crippen molar-refractivity contribution >= 4 is 17.7 Å². The molecular formula is C17H23N5O3. The fourth-order valence-electron chi connectivity index (χ4n) is 2.02. The van der Waals surface area contributed by atoms with E-state index >= 15 is 0 Å². The van der Waals surface area contributed by atoms with E-state index in [0.717, 1.165) is 0 Å². The first-order chi connectivity index (χ1) is 11.8. The van der Waals surface area contributed by atoms with Crippen molar-refractivity contribution in [3.63, 3.8) is 0 Å². The highest BCUT2D eigenvalue weighted by Crippen LogP contribution is 2.15. The quantitative estimate of drug-likeness (QED) is 0.564. The number of alkyl carbamates (subject to hydrolysis) is 1. The van der Waals surface area contributed by atoms with Gasteiger partial charge >= 0.3 is 6.09 Å². The molecule has 1 heterocycles. The van der Waals surface area contributed by atoms with Crippen LogP contribution in [0, 0.1) is 0 Å². The van der Waals surface area contributed by atoms with Crippen molar-refractivity contribution in [2.45, 2.75) is 26.4 Å². The molecule has 25 heavy (non-hydrogen) atoms. The first-order valence-corrected chi connectivity index (χ1v) is 7.92. The number of aromatic nitrogens is 2. The van der Waals surface area contributed by atoms with Gasteiger partial charge in [0, 0.05) is 19.3 Å². The van der Waals surface area contributed by atoms with Crippen molar-refractivity contribution in [1.82, 2.24) is 20.4 Å². The molecule has 0 atom stereocenters. The Hall–Kier alpha value is -3.03. The zero-order chi connectivity index (χ0) is 18.4. The fraction of sp³-hybridized carbons (Fsp3) is 0.353. The van der Waals surface area contributed by atoms with Crippen LogP contribution in [-0.2, 0) is 4.74 Å². The van der Waals surface area contributed by atoms with Crippen LogP contribution in [0.15, 0.2) is 36.5 Å². The first kappa shape index (κ1) is 18.3. The monoisotopic (exact) mass is 345 g/mol. The van der Waals surface area contributed by atoms with E-state index in [1.54, 1.807) is 43.8 Å². The number of carbonyl (C=O) groups is 2. The minimum absolute atomic E-state index is 0.257. The summed E-state index contributed by atoms with van der Waals surface area (Å²) in [6, 6.07) is 8.85. The highest BCUT2D eigenvalue weighted by Gasteiger charge is 2.16. The first-order valence-electron chi connectivity index (χ1n) is 7.92. The van der Waals surface area contributed by atoms with Crippen LogP contribution < -0.4 is 16.4 Å². The highest BCUT2D eigenvalue weighted by molar-refractivity contribution is 5.92. The number of nitrogens with zero attached hydrogens (tertiary/aromatic N) is 2. The van der Waals surface area contributed by atoms with Crippen molar-refractivity contribution in [3.05, 3.63) is 42.2 Å². The normalized spacial score (nSPS) is 11.0. The van der Waals surface area contributed by atoms with Crippen molar-refractivity contribution < 1.29 is 14.3 Å². The summed E-state index contributed by atoms with van der Waals surface area (Å²) in [5, 5.41) is 9.46. The van der Waals surface area contributed by atoms with Gasteiger partial charge in [0.1, 0.15) is 5.60 Å². The Bertz CT molecular complexity index is 749. The number of ether oxygens (including phenoxy) is 1. The number of anilines is 1. The van der Waals surface area contributed by atoms with E-state index in [0.29, 0.717) is 11.4 Å². The maximum atomic E-state index is 12.1. The molecule has 0 saturated heterocycles. The van der Waals surface area contributed by atoms with Gasteiger partial charge in [-0.3, -0.25) is 4.79 Å². The van der Waals surface area contributed by atoms with Crippen molar-refractivity contribution in [2.75, 3.05) is 18.8 Å². The molecule has 0 unspecified atom stereocenters. The lowest BCUT2D eigenvalue weighted by molar-refractivity contribution is 0.0526. The Labute approximate surface area is 146 Å². The molecule has 0 aliphatic rings. The van der Waals surface area contributed by atoms with Crippen LogP contribution in [0.5, 0.6) is 0 Å². The number of carbonyl (C=O) groups excluding carboxylic acids is 2. The number of amides is 2. The Morgan fingerprint density at radius 2 is 1.84 bits per heavy atom. The molecule has 2 amide bonds. The Balaban J connectivity index is 1.82. The lowest BCUT2D eigenvalue weighted by Crippen LogP contribution is -2.38. The van der Waals surface area contributed by atoms with Crippen LogP contribution >= 0.6 is 0 Å². The van der Waals surface area contributed by atoms with Crippen molar-refractivity contribution in [1.29, 1.82) is 0 Å². The third-order valence-corrected chi connectivity index (χ3v) is 3.08. The Morgan fingerprint density at radius 1 is 1.16 bits per heavy atom. The highest BCUT2D eigenvalue weighted by atomic mass is 16.6. The van der Waals surface area contributed by atoms with Gasteiger partial charge in [0.25, 0.3) is 5.91 Å². The summed E-state index contributed by atoms with van der Waals surface area (Å²) >= 11 is 0. The molecule has 134 valence electrons. The molecule has 1 aromatic carbocycles. The van der Waals surface area contributed by atoms with Gasteiger partial charge in [0.15, 0.2) is 5.69 Å². The molecule has 4 N–H and O–H groups in total. The van der Waals surface area contributed by atoms with E-state index in [-0.39, 0.29) is 24.7 Å². The minimum atomic E-state index is -0.556. The van der Waals surface area contributed by atoms with Gasteiger partial charge in [-0.25, -0.2) is 9.48 Å². The number of hydrogen-bond donors (Lipinski definition) is 3. The van der Waals surface area contributed by atoms with E-state index in [1.807, 2.05) is 18.2 Å². The lowest BCUT2D eigenvalue weighted by Gasteiger charge is -2.19. The number of nitrogens with two attached hydrogens (primary N) is 1. The number of hydrogen-bond acceptors (Lipinski definition) is 5. The molecule has 0 bridgehead atoms. The Kier molecular flexibility index (Phi) is 5.63. The molecule has 0 aliphatic heterocycles. The number of nitrogen functional groups attached to an aromatic ring is 1. The Morgan fingerprint density at radius 3 is 2.52 bits per heavy atom. The summed E-state index contributed by atoms with van der Waals surface area (Å²) in [6.07, 6.45) is 1.14. The summed E-state index contributed by atoms with van der Waals surface area (Å²) in [6.45, 7) is 5.86. The average molecular weight is 345 g/mol. The fourth-order valence-corrected chi connectivity index (χ4v) is 2.02. The number of rotatable bonds is 5. The van der Waals surface area contributed by atoms with E-state index in [4.69, 9.17) is 10.5 Å². The smallest absolute Gasteiger partial charge is 0.407 e. The zero-order valence-corrected chi connectivity index (χ0v) is 14.6. The SMILES string of the molecule is CC(C)(C)OC(=O)NCCNC(=O)c1ccn(-c2ccccc2N)n1. The third-order valence-electron chi connectivity index (χ3n) is 3.08. The van der Waals surface area contributed by atoms with Gasteiger partial charge in [-0.05, 0) is 39.0 Å². The number of benzene rings is 1. The maximum absolute atomic E-state index is 12.1. The topological polar surface area (TPSA) is 111 Å². The summed E-state index contributed by atoms with van der Waals surface area (Å²) in [4.78, 5) is 23.6. The zero-order valence-electron chi connectivity index (χ0n) is 14.6. The second-order valence-corrected chi connectivity index (χ2v) is 6.39. The number of para-hydroxylation sites is 2. The molecule has 0 aliphatic carbocycles. The van der Waals surface area contributed by atoms with Gasteiger partial charge in [0.2, 0.25) is 0 Å². The molecule has 0 saturated carbocycles. The third kappa shape index (κ3) is 5.52. The van der Waals surface area contributed by atoms with Gasteiger partial charge < -0.3 is 21.1 Å². The van der Waals surface area contributed by atoms with Crippen LogP contribution in [0.25, 0.3) is 5.69 Å². The summed E-state index contributed by atoms with van der Waals surface area (Å²) in [7, 11) is 0. The average Bonchev–Trinajstić information content (AvgIpc) is 3.00. The van der Waals surface area contributed by atoms with Gasteiger partial charge in [-0.1, -0.05) is 12.1 Å². The minimum Gasteiger partial charge on any atom is -0.444 e. The predicted octanol–water partition coefficient (Wildman–Crippen LogP) is 1.71. The van der Waals surface area contributed by atoms with Gasteiger partial charge in [-0.15, -0.1) is 0 Å². The maximum Gasteiger partial charge on any atom is 0.407 e. The standard InChI is InChI=1S/C17H23N5O3/c1-17(2,3)25-16(24)20-10-9-19-15(23)13-8-11-22(21-13)14-7-5-4-6-12(14)18/h4-8,11H,9-10,18H2,1-3H3,(H,19,23)(H,20,24). The molecular weight excluding hydrogens is 322 g/mol. The van der Waals surface area contributed by atoms with Crippen LogP contribution in [0.1, 0.15) is 31.3 Å². The van der Waals surface area contributed by atoms with Crippen LogP contribution in [-0.4, -0.2) is 40.5 Å². The van der Waals surface area contributed by atoms with Crippen LogP contribution in [0.2, 0.25) is 0 Å². The molecule has 2 aromatic rings. The molecule has 0 radical (unpaired) electrons. The van der Waals surface area contributed by atoms with E-state index in [1.165, 1.54) is 0 Å². The molecule has 0 spiro atoms. The summed E-state index contributed by atoms with van der Waals surface area (Å²) < 4.78 is 6.65. The largest absolute Gasteiger partial charge is 0.444 e. The van der Waals surface area contributed by atoms with E-state index < -0.39 is 11.7 Å². The van der Waals surface area contributed by atoms with Gasteiger partial charge in [0.05, 0.1) is 11.4 Å². The van der Waals surface area contributed by atoms with E-state index in [2.05, 4.69) is 15.7 Å². The van der Waals surface area contributed by atoms with Crippen molar-refractivity contribution in [2.24, 2.45) is 0 Å². The lowest BCUT2D eigenvalue weighted by atomic mass is 10.2. The number of nitrogens with one attached hydrogen (secondary N) is 2. The van der Waals surface area contributed by atoms with Crippen LogP contribution in [0.4, 0.5) is 10.5 Å². The predicted molar refractivity (Wildman–Crippen MR) is 94.5 cm³/mol. The molecule has 0 fully saturated rings. The molecule has 1 aromatic heterocycles. The molecule has 8 nitrogen and oxygen atoms in total. The van der Waals surface area contributed by atoms with Crippen LogP contribution in [0.3, 0.4) is 0 Å². The molecule has 8 heteroatoms. The summed E-state index contributed by atoms with van der Waals surface area (Å²) in [5.74, 6) is -0.334. The second kappa shape index (κ2) is 7.69. The van der Waals surface area contributed by atoms with E-state index in [9.17, 15) is 9.59 Å². The second-order valence-electron chi connectivity index (χ2n) is 6.39. The molecule has 2 rings (SSSR count). The van der Waals surface area contributed by atoms with Gasteiger partial charge in [-0.2, -0.15) is 5.10 Å².